The van der Waals surface area contributed by atoms with Crippen molar-refractivity contribution in [3.05, 3.63) is 60.2 Å². The molecule has 0 spiro atoms. The molecule has 2 N–H and O–H groups in total. The summed E-state index contributed by atoms with van der Waals surface area (Å²) in [5, 5.41) is 18.6. The maximum atomic E-state index is 13.3. The number of nitrogens with zero attached hydrogens (tertiary/aromatic N) is 1. The van der Waals surface area contributed by atoms with Gasteiger partial charge in [0.15, 0.2) is 14.6 Å². The zero-order valence-corrected chi connectivity index (χ0v) is 20.2. The number of hydrogen-bond acceptors (Lipinski definition) is 8. The molecule has 2 aromatic carbocycles. The zero-order valence-electron chi connectivity index (χ0n) is 19.4. The van der Waals surface area contributed by atoms with E-state index in [-0.39, 0.29) is 31.0 Å². The first-order chi connectivity index (χ1) is 16.9. The van der Waals surface area contributed by atoms with Crippen LogP contribution >= 0.6 is 0 Å². The topological polar surface area (TPSA) is 135 Å². The minimum atomic E-state index is -4.08. The average molecular weight is 501 g/mol. The highest BCUT2D eigenvalue weighted by Gasteiger charge is 2.52. The Balaban J connectivity index is 1.59. The number of nitriles is 1. The molecule has 1 fully saturated rings. The number of rotatable bonds is 10. The minimum Gasteiger partial charge on any atom is -0.497 e. The number of carbonyl (C=O) groups is 1. The third kappa shape index (κ3) is 5.82. The zero-order chi connectivity index (χ0) is 25.3. The van der Waals surface area contributed by atoms with Gasteiger partial charge in [-0.15, -0.1) is 0 Å². The van der Waals surface area contributed by atoms with Crippen LogP contribution in [0.1, 0.15) is 31.2 Å². The van der Waals surface area contributed by atoms with Gasteiger partial charge >= 0.3 is 0 Å². The summed E-state index contributed by atoms with van der Waals surface area (Å²) in [7, 11) is -2.49. The van der Waals surface area contributed by atoms with E-state index >= 15 is 0 Å². The van der Waals surface area contributed by atoms with Crippen molar-refractivity contribution in [1.29, 1.82) is 5.26 Å². The van der Waals surface area contributed by atoms with Crippen LogP contribution in [0.2, 0.25) is 0 Å². The van der Waals surface area contributed by atoms with Gasteiger partial charge in [0.2, 0.25) is 0 Å². The lowest BCUT2D eigenvalue weighted by Crippen LogP contribution is -2.54. The molecule has 2 aromatic rings. The number of allylic oxidation sites excluding steroid dienone is 2. The van der Waals surface area contributed by atoms with Crippen LogP contribution in [0.15, 0.2) is 59.5 Å². The third-order valence-corrected chi connectivity index (χ3v) is 8.47. The van der Waals surface area contributed by atoms with E-state index in [2.05, 4.69) is 6.07 Å². The number of amides is 1. The van der Waals surface area contributed by atoms with Crippen LogP contribution in [0, 0.1) is 11.3 Å². The Morgan fingerprint density at radius 3 is 2.34 bits per heavy atom. The number of methoxy groups -OCH3 is 1. The summed E-state index contributed by atoms with van der Waals surface area (Å²) in [6.45, 7) is 0.584. The summed E-state index contributed by atoms with van der Waals surface area (Å²) < 4.78 is 40.8. The van der Waals surface area contributed by atoms with Gasteiger partial charge in [-0.3, -0.25) is 10.0 Å². The number of unbranched alkanes of at least 4 members (excludes halogenated alkanes) is 1. The molecule has 0 unspecified atom stereocenters. The largest absolute Gasteiger partial charge is 0.497 e. The number of hydroxylamine groups is 1. The highest BCUT2D eigenvalue weighted by atomic mass is 32.2. The van der Waals surface area contributed by atoms with Gasteiger partial charge < -0.3 is 14.2 Å². The molecule has 0 saturated carbocycles. The molecular formula is C25H28N2O7S. The number of carbonyl (C=O) groups excluding carboxylic acids is 1. The molecule has 1 aliphatic rings. The quantitative estimate of drug-likeness (QED) is 0.220. The van der Waals surface area contributed by atoms with Crippen molar-refractivity contribution in [3.8, 4) is 17.6 Å². The Labute approximate surface area is 204 Å². The Hall–Kier alpha value is -3.39. The Morgan fingerprint density at radius 2 is 1.77 bits per heavy atom. The van der Waals surface area contributed by atoms with E-state index in [4.69, 9.17) is 19.4 Å². The molecule has 186 valence electrons. The molecule has 0 aromatic heterocycles. The molecule has 35 heavy (non-hydrogen) atoms. The molecule has 3 rings (SSSR count). The van der Waals surface area contributed by atoms with E-state index < -0.39 is 20.5 Å². The minimum absolute atomic E-state index is 0.0311. The number of hydrogen-bond donors (Lipinski definition) is 2. The first kappa shape index (κ1) is 26.2. The fourth-order valence-electron chi connectivity index (χ4n) is 3.88. The number of ether oxygens (including phenoxy) is 3. The highest BCUT2D eigenvalue weighted by molar-refractivity contribution is 7.93. The summed E-state index contributed by atoms with van der Waals surface area (Å²) in [5.74, 6) is 0.245. The average Bonchev–Trinajstić information content (AvgIpc) is 2.91. The van der Waals surface area contributed by atoms with Crippen molar-refractivity contribution >= 4 is 21.3 Å². The second kappa shape index (κ2) is 11.8. The van der Waals surface area contributed by atoms with Crippen LogP contribution in [0.4, 0.5) is 0 Å². The molecular weight excluding hydrogens is 472 g/mol. The molecule has 9 nitrogen and oxygen atoms in total. The predicted molar refractivity (Wildman–Crippen MR) is 128 cm³/mol. The second-order valence-electron chi connectivity index (χ2n) is 7.97. The molecule has 1 heterocycles. The van der Waals surface area contributed by atoms with Crippen molar-refractivity contribution in [2.75, 3.05) is 26.9 Å². The fourth-order valence-corrected chi connectivity index (χ4v) is 5.82. The van der Waals surface area contributed by atoms with Crippen molar-refractivity contribution in [3.63, 3.8) is 0 Å². The van der Waals surface area contributed by atoms with Crippen LogP contribution in [-0.2, 0) is 19.4 Å². The second-order valence-corrected chi connectivity index (χ2v) is 10.2. The van der Waals surface area contributed by atoms with Gasteiger partial charge in [0.25, 0.3) is 5.91 Å². The molecule has 1 saturated heterocycles. The number of benzene rings is 2. The molecule has 0 aliphatic carbocycles. The molecule has 1 amide bonds. The van der Waals surface area contributed by atoms with Crippen molar-refractivity contribution in [2.24, 2.45) is 0 Å². The van der Waals surface area contributed by atoms with Crippen LogP contribution in [0.25, 0.3) is 5.57 Å². The monoisotopic (exact) mass is 500 g/mol. The van der Waals surface area contributed by atoms with Gasteiger partial charge in [-0.2, -0.15) is 5.26 Å². The summed E-state index contributed by atoms with van der Waals surface area (Å²) in [5.41, 5.74) is 2.88. The molecule has 1 aliphatic heterocycles. The lowest BCUT2D eigenvalue weighted by molar-refractivity contribution is -0.134. The van der Waals surface area contributed by atoms with Crippen molar-refractivity contribution in [2.45, 2.75) is 35.3 Å². The smallest absolute Gasteiger partial charge is 0.265 e. The van der Waals surface area contributed by atoms with Gasteiger partial charge in [0.05, 0.1) is 30.3 Å². The summed E-state index contributed by atoms with van der Waals surface area (Å²) in [6.07, 6.45) is 3.03. The molecule has 0 radical (unpaired) electrons. The van der Waals surface area contributed by atoms with Crippen LogP contribution in [0.3, 0.4) is 0 Å². The van der Waals surface area contributed by atoms with E-state index in [0.717, 1.165) is 11.3 Å². The van der Waals surface area contributed by atoms with E-state index in [9.17, 15) is 18.5 Å². The number of sulfone groups is 1. The first-order valence-corrected chi connectivity index (χ1v) is 12.6. The van der Waals surface area contributed by atoms with Gasteiger partial charge in [-0.1, -0.05) is 6.08 Å². The van der Waals surface area contributed by atoms with Crippen molar-refractivity contribution in [1.82, 2.24) is 5.48 Å². The first-order valence-electron chi connectivity index (χ1n) is 11.1. The van der Waals surface area contributed by atoms with Crippen LogP contribution in [0.5, 0.6) is 11.5 Å². The molecule has 0 atom stereocenters. The normalized spacial score (nSPS) is 15.6. The SMILES string of the molecule is COc1ccc(/C(C#N)=C\CCCOc2ccc(S(=O)(=O)C3(C(=O)NO)CCOCC3)cc2)cc1. The van der Waals surface area contributed by atoms with Crippen molar-refractivity contribution < 1.29 is 32.6 Å². The predicted octanol–water partition coefficient (Wildman–Crippen LogP) is 3.29. The number of nitrogens with one attached hydrogen (secondary N) is 1. The highest BCUT2D eigenvalue weighted by Crippen LogP contribution is 2.35. The van der Waals surface area contributed by atoms with E-state index in [1.54, 1.807) is 19.2 Å². The van der Waals surface area contributed by atoms with Gasteiger partial charge in [0.1, 0.15) is 11.5 Å². The van der Waals surface area contributed by atoms with Gasteiger partial charge in [0, 0.05) is 13.2 Å². The standard InChI is InChI=1S/C25H28N2O7S/c1-32-21-7-5-19(6-8-21)20(18-26)4-2-3-15-34-22-9-11-23(12-10-22)35(30,31)25(24(28)27-29)13-16-33-17-14-25/h4-12,29H,2-3,13-17H2,1H3,(H,27,28)/b20-4-. The van der Waals surface area contributed by atoms with Gasteiger partial charge in [-0.05, 0) is 79.8 Å². The lowest BCUT2D eigenvalue weighted by Gasteiger charge is -2.34. The summed E-state index contributed by atoms with van der Waals surface area (Å²) in [6, 6.07) is 15.3. The van der Waals surface area contributed by atoms with Crippen LogP contribution in [-0.4, -0.2) is 51.2 Å². The third-order valence-electron chi connectivity index (χ3n) is 5.95. The Morgan fingerprint density at radius 1 is 1.14 bits per heavy atom. The van der Waals surface area contributed by atoms with E-state index in [1.807, 2.05) is 18.2 Å². The Bertz CT molecular complexity index is 1180. The van der Waals surface area contributed by atoms with E-state index in [1.165, 1.54) is 29.7 Å². The maximum absolute atomic E-state index is 13.3. The van der Waals surface area contributed by atoms with Gasteiger partial charge in [-0.25, -0.2) is 13.9 Å². The van der Waals surface area contributed by atoms with E-state index in [0.29, 0.717) is 30.8 Å². The summed E-state index contributed by atoms with van der Waals surface area (Å²) >= 11 is 0. The lowest BCUT2D eigenvalue weighted by atomic mass is 9.98. The molecule has 0 bridgehead atoms. The maximum Gasteiger partial charge on any atom is 0.265 e. The van der Waals surface area contributed by atoms with Crippen LogP contribution < -0.4 is 15.0 Å². The summed E-state index contributed by atoms with van der Waals surface area (Å²) in [4.78, 5) is 12.3. The molecule has 10 heteroatoms. The fraction of sp³-hybridized carbons (Fsp3) is 0.360. The Kier molecular flexibility index (Phi) is 8.87.